The highest BCUT2D eigenvalue weighted by Gasteiger charge is 2.34. The molecule has 1 aliphatic rings. The average molecular weight is 492 g/mol. The molecule has 0 saturated carbocycles. The molecule has 0 aromatic carbocycles. The van der Waals surface area contributed by atoms with Crippen molar-refractivity contribution in [2.24, 2.45) is 5.92 Å². The third-order valence-electron chi connectivity index (χ3n) is 6.05. The van der Waals surface area contributed by atoms with Gasteiger partial charge in [0, 0.05) is 43.0 Å². The topological polar surface area (TPSA) is 128 Å². The fourth-order valence-electron chi connectivity index (χ4n) is 4.10. The van der Waals surface area contributed by atoms with E-state index in [0.717, 1.165) is 0 Å². The summed E-state index contributed by atoms with van der Waals surface area (Å²) in [5, 5.41) is 12.0. The van der Waals surface area contributed by atoms with Gasteiger partial charge in [-0.1, -0.05) is 0 Å². The maximum absolute atomic E-state index is 12.9. The molecule has 10 nitrogen and oxygen atoms in total. The van der Waals surface area contributed by atoms with E-state index in [0.29, 0.717) is 46.7 Å². The fraction of sp³-hybridized carbons (Fsp3) is 0.250. The number of thiazole rings is 1. The van der Waals surface area contributed by atoms with Gasteiger partial charge in [0.15, 0.2) is 10.8 Å². The Bertz CT molecular complexity index is 1490. The Morgan fingerprint density at radius 3 is 2.69 bits per heavy atom. The van der Waals surface area contributed by atoms with Gasteiger partial charge >= 0.3 is 5.97 Å². The molecule has 1 saturated heterocycles. The van der Waals surface area contributed by atoms with E-state index in [2.05, 4.69) is 9.97 Å². The zero-order valence-electron chi connectivity index (χ0n) is 19.0. The summed E-state index contributed by atoms with van der Waals surface area (Å²) in [5.41, 5.74) is 0.714. The first kappa shape index (κ1) is 22.7. The Balaban J connectivity index is 1.42. The highest BCUT2D eigenvalue weighted by atomic mass is 32.1. The van der Waals surface area contributed by atoms with E-state index in [-0.39, 0.29) is 29.1 Å². The predicted molar refractivity (Wildman–Crippen MR) is 130 cm³/mol. The molecule has 11 heteroatoms. The highest BCUT2D eigenvalue weighted by Crippen LogP contribution is 2.29. The SMILES string of the molecule is COc1ccc(CC(=O)C2CN(c3cc(C)c4c(=O)c(C(=O)O)cn(-c5nccs5)c4n3)C2)nc1. The number of Topliss-reactive ketones (excluding diaryl/α,β-unsaturated/α-hetero) is 1. The van der Waals surface area contributed by atoms with Gasteiger partial charge < -0.3 is 14.7 Å². The Morgan fingerprint density at radius 1 is 1.26 bits per heavy atom. The van der Waals surface area contributed by atoms with Crippen molar-refractivity contribution in [2.45, 2.75) is 13.3 Å². The number of ketones is 1. The molecule has 0 unspecified atom stereocenters. The van der Waals surface area contributed by atoms with Gasteiger partial charge in [-0.25, -0.2) is 14.8 Å². The third kappa shape index (κ3) is 4.14. The summed E-state index contributed by atoms with van der Waals surface area (Å²) in [6, 6.07) is 5.32. The van der Waals surface area contributed by atoms with E-state index in [1.165, 1.54) is 17.5 Å². The minimum atomic E-state index is -1.30. The van der Waals surface area contributed by atoms with Crippen LogP contribution in [-0.4, -0.2) is 56.6 Å². The fourth-order valence-corrected chi connectivity index (χ4v) is 4.72. The molecular formula is C24H21N5O5S. The van der Waals surface area contributed by atoms with Crippen LogP contribution in [0.5, 0.6) is 5.75 Å². The van der Waals surface area contributed by atoms with E-state index >= 15 is 0 Å². The second kappa shape index (κ2) is 8.91. The van der Waals surface area contributed by atoms with Crippen molar-refractivity contribution < 1.29 is 19.4 Å². The number of fused-ring (bicyclic) bond motifs is 1. The lowest BCUT2D eigenvalue weighted by atomic mass is 9.92. The summed E-state index contributed by atoms with van der Waals surface area (Å²) in [7, 11) is 1.56. The summed E-state index contributed by atoms with van der Waals surface area (Å²) in [6.07, 6.45) is 4.71. The van der Waals surface area contributed by atoms with Gasteiger partial charge in [-0.15, -0.1) is 11.3 Å². The van der Waals surface area contributed by atoms with E-state index < -0.39 is 11.4 Å². The molecule has 1 aliphatic heterocycles. The van der Waals surface area contributed by atoms with Crippen molar-refractivity contribution in [2.75, 3.05) is 25.1 Å². The minimum absolute atomic E-state index is 0.0993. The Morgan fingerprint density at radius 2 is 2.06 bits per heavy atom. The van der Waals surface area contributed by atoms with Crippen LogP contribution < -0.4 is 15.1 Å². The number of carboxylic acids is 1. The summed E-state index contributed by atoms with van der Waals surface area (Å²) >= 11 is 1.31. The second-order valence-electron chi connectivity index (χ2n) is 8.29. The maximum Gasteiger partial charge on any atom is 0.341 e. The number of aromatic nitrogens is 4. The molecule has 0 atom stereocenters. The molecule has 0 bridgehead atoms. The molecule has 35 heavy (non-hydrogen) atoms. The number of carboxylic acid groups (broad SMARTS) is 1. The van der Waals surface area contributed by atoms with E-state index in [9.17, 15) is 19.5 Å². The molecule has 4 aromatic rings. The zero-order valence-corrected chi connectivity index (χ0v) is 19.8. The van der Waals surface area contributed by atoms with Crippen LogP contribution >= 0.6 is 11.3 Å². The lowest BCUT2D eigenvalue weighted by molar-refractivity contribution is -0.123. The number of methoxy groups -OCH3 is 1. The van der Waals surface area contributed by atoms with Crippen molar-refractivity contribution >= 4 is 39.9 Å². The molecular weight excluding hydrogens is 470 g/mol. The molecule has 1 fully saturated rings. The Kier molecular flexibility index (Phi) is 5.77. The number of carbonyl (C=O) groups is 2. The van der Waals surface area contributed by atoms with Crippen LogP contribution in [0.3, 0.4) is 0 Å². The van der Waals surface area contributed by atoms with Crippen LogP contribution in [0.4, 0.5) is 5.82 Å². The maximum atomic E-state index is 12.9. The zero-order chi connectivity index (χ0) is 24.7. The number of hydrogen-bond donors (Lipinski definition) is 1. The van der Waals surface area contributed by atoms with Crippen LogP contribution in [0.2, 0.25) is 0 Å². The lowest BCUT2D eigenvalue weighted by Gasteiger charge is -2.39. The van der Waals surface area contributed by atoms with Crippen LogP contribution in [0.25, 0.3) is 16.2 Å². The minimum Gasteiger partial charge on any atom is -0.495 e. The van der Waals surface area contributed by atoms with E-state index in [1.54, 1.807) is 54.6 Å². The number of ether oxygens (including phenoxy) is 1. The van der Waals surface area contributed by atoms with Crippen molar-refractivity contribution in [3.63, 3.8) is 0 Å². The third-order valence-corrected chi connectivity index (χ3v) is 6.82. The molecule has 4 aromatic heterocycles. The molecule has 5 rings (SSSR count). The predicted octanol–water partition coefficient (Wildman–Crippen LogP) is 2.50. The summed E-state index contributed by atoms with van der Waals surface area (Å²) in [4.78, 5) is 52.5. The van der Waals surface area contributed by atoms with Crippen LogP contribution in [-0.2, 0) is 11.2 Å². The lowest BCUT2D eigenvalue weighted by Crippen LogP contribution is -2.51. The molecule has 0 radical (unpaired) electrons. The summed E-state index contributed by atoms with van der Waals surface area (Å²) in [5.74, 6) is -0.0922. The van der Waals surface area contributed by atoms with Gasteiger partial charge in [-0.05, 0) is 30.7 Å². The van der Waals surface area contributed by atoms with Gasteiger partial charge in [0.25, 0.3) is 0 Å². The average Bonchev–Trinajstić information content (AvgIpc) is 3.33. The number of nitrogens with zero attached hydrogens (tertiary/aromatic N) is 5. The highest BCUT2D eigenvalue weighted by molar-refractivity contribution is 7.12. The van der Waals surface area contributed by atoms with Crippen molar-refractivity contribution in [1.29, 1.82) is 0 Å². The number of rotatable bonds is 7. The normalized spacial score (nSPS) is 13.6. The molecule has 1 N–H and O–H groups in total. The second-order valence-corrected chi connectivity index (χ2v) is 9.17. The van der Waals surface area contributed by atoms with Crippen LogP contribution in [0.15, 0.2) is 47.0 Å². The number of aromatic carboxylic acids is 1. The number of pyridine rings is 3. The summed E-state index contributed by atoms with van der Waals surface area (Å²) in [6.45, 7) is 2.76. The quantitative estimate of drug-likeness (QED) is 0.415. The number of aryl methyl sites for hydroxylation is 1. The van der Waals surface area contributed by atoms with Gasteiger partial charge in [0.05, 0.1) is 24.6 Å². The van der Waals surface area contributed by atoms with Crippen molar-refractivity contribution in [3.8, 4) is 10.9 Å². The molecule has 5 heterocycles. The Labute approximate surface area is 203 Å². The smallest absolute Gasteiger partial charge is 0.341 e. The molecule has 0 aliphatic carbocycles. The van der Waals surface area contributed by atoms with Gasteiger partial charge in [0.2, 0.25) is 5.43 Å². The first-order valence-corrected chi connectivity index (χ1v) is 11.7. The van der Waals surface area contributed by atoms with Crippen LogP contribution in [0.1, 0.15) is 21.6 Å². The molecule has 0 spiro atoms. The van der Waals surface area contributed by atoms with E-state index in [4.69, 9.17) is 9.72 Å². The van der Waals surface area contributed by atoms with Gasteiger partial charge in [0.1, 0.15) is 22.9 Å². The first-order chi connectivity index (χ1) is 16.9. The van der Waals surface area contributed by atoms with Crippen LogP contribution in [0, 0.1) is 12.8 Å². The standard InChI is InChI=1S/C24H21N5O5S/c1-13-7-19(28-10-14(11-28)18(30)8-15-3-4-16(34-2)9-26-15)27-22-20(13)21(31)17(23(32)33)12-29(22)24-25-5-6-35-24/h3-7,9,12,14H,8,10-11H2,1-2H3,(H,32,33). The summed E-state index contributed by atoms with van der Waals surface area (Å²) < 4.78 is 6.64. The number of carbonyl (C=O) groups excluding carboxylic acids is 1. The number of anilines is 1. The van der Waals surface area contributed by atoms with Gasteiger partial charge in [-0.3, -0.25) is 19.1 Å². The Hall–Kier alpha value is -4.12. The number of hydrogen-bond acceptors (Lipinski definition) is 9. The van der Waals surface area contributed by atoms with Crippen molar-refractivity contribution in [3.05, 3.63) is 69.2 Å². The largest absolute Gasteiger partial charge is 0.495 e. The molecule has 178 valence electrons. The van der Waals surface area contributed by atoms with E-state index in [1.807, 2.05) is 4.90 Å². The van der Waals surface area contributed by atoms with Crippen molar-refractivity contribution in [1.82, 2.24) is 19.5 Å². The van der Waals surface area contributed by atoms with Gasteiger partial charge in [-0.2, -0.15) is 0 Å². The molecule has 0 amide bonds. The first-order valence-electron chi connectivity index (χ1n) is 10.8. The monoisotopic (exact) mass is 491 g/mol.